The van der Waals surface area contributed by atoms with Crippen molar-refractivity contribution in [3.05, 3.63) is 42.7 Å². The summed E-state index contributed by atoms with van der Waals surface area (Å²) in [6, 6.07) is 8.83. The van der Waals surface area contributed by atoms with Crippen LogP contribution in [0.25, 0.3) is 5.69 Å². The molecule has 1 aliphatic rings. The highest BCUT2D eigenvalue weighted by molar-refractivity contribution is 7.93. The van der Waals surface area contributed by atoms with Gasteiger partial charge in [0.15, 0.2) is 0 Å². The van der Waals surface area contributed by atoms with E-state index in [-0.39, 0.29) is 0 Å². The van der Waals surface area contributed by atoms with Crippen LogP contribution in [0.5, 0.6) is 0 Å². The normalized spacial score (nSPS) is 22.4. The number of sulfonamides is 1. The molecule has 1 saturated carbocycles. The van der Waals surface area contributed by atoms with Gasteiger partial charge in [-0.15, -0.1) is 0 Å². The number of aliphatic hydroxyl groups is 1. The Bertz CT molecular complexity index is 728. The molecule has 0 radical (unpaired) electrons. The number of nitrogens with zero attached hydrogens (tertiary/aromatic N) is 2. The zero-order valence-electron chi connectivity index (χ0n) is 12.1. The number of hydrogen-bond donors (Lipinski definition) is 2. The fraction of sp³-hybridized carbons (Fsp3) is 0.400. The molecule has 6 nitrogen and oxygen atoms in total. The van der Waals surface area contributed by atoms with Gasteiger partial charge in [-0.2, -0.15) is 5.10 Å². The predicted molar refractivity (Wildman–Crippen MR) is 84.4 cm³/mol. The van der Waals surface area contributed by atoms with Crippen molar-refractivity contribution in [3.63, 3.8) is 0 Å². The second-order valence-corrected chi connectivity index (χ2v) is 7.44. The van der Waals surface area contributed by atoms with E-state index in [4.69, 9.17) is 0 Å². The van der Waals surface area contributed by atoms with Crippen LogP contribution in [0.4, 0.5) is 5.69 Å². The highest BCUT2D eigenvalue weighted by Gasteiger charge is 2.34. The maximum absolute atomic E-state index is 12.5. The lowest BCUT2D eigenvalue weighted by atomic mass is 9.97. The maximum atomic E-state index is 12.5. The van der Waals surface area contributed by atoms with E-state index < -0.39 is 21.4 Å². The molecule has 0 saturated heterocycles. The van der Waals surface area contributed by atoms with E-state index in [1.165, 1.54) is 0 Å². The third kappa shape index (κ3) is 3.15. The van der Waals surface area contributed by atoms with E-state index in [0.29, 0.717) is 18.5 Å². The minimum Gasteiger partial charge on any atom is -0.392 e. The Balaban J connectivity index is 1.82. The van der Waals surface area contributed by atoms with Crippen LogP contribution in [-0.4, -0.2) is 34.7 Å². The van der Waals surface area contributed by atoms with Gasteiger partial charge in [0.25, 0.3) is 0 Å². The average molecular weight is 321 g/mol. The molecule has 0 aliphatic heterocycles. The smallest absolute Gasteiger partial charge is 0.238 e. The van der Waals surface area contributed by atoms with Crippen molar-refractivity contribution in [2.45, 2.75) is 37.0 Å². The highest BCUT2D eigenvalue weighted by Crippen LogP contribution is 2.26. The fourth-order valence-corrected chi connectivity index (χ4v) is 4.45. The molecule has 2 aromatic rings. The Kier molecular flexibility index (Phi) is 4.17. The quantitative estimate of drug-likeness (QED) is 0.901. The number of benzene rings is 1. The van der Waals surface area contributed by atoms with Crippen molar-refractivity contribution in [1.82, 2.24) is 9.78 Å². The van der Waals surface area contributed by atoms with Gasteiger partial charge in [-0.25, -0.2) is 13.1 Å². The van der Waals surface area contributed by atoms with Crippen LogP contribution in [0.2, 0.25) is 0 Å². The molecule has 1 aromatic carbocycles. The van der Waals surface area contributed by atoms with Crippen LogP contribution >= 0.6 is 0 Å². The van der Waals surface area contributed by atoms with Crippen LogP contribution in [0.3, 0.4) is 0 Å². The summed E-state index contributed by atoms with van der Waals surface area (Å²) >= 11 is 0. The van der Waals surface area contributed by atoms with Crippen molar-refractivity contribution in [2.75, 3.05) is 4.72 Å². The van der Waals surface area contributed by atoms with E-state index in [2.05, 4.69) is 9.82 Å². The number of aliphatic hydroxyl groups excluding tert-OH is 1. The van der Waals surface area contributed by atoms with Gasteiger partial charge >= 0.3 is 0 Å². The SMILES string of the molecule is O=S(=O)(Nc1cccc(-n2cccn2)c1)[C@@H]1CCCC[C@@H]1O. The summed E-state index contributed by atoms with van der Waals surface area (Å²) in [5.41, 5.74) is 1.25. The molecule has 22 heavy (non-hydrogen) atoms. The molecular weight excluding hydrogens is 302 g/mol. The van der Waals surface area contributed by atoms with Gasteiger partial charge in [0.1, 0.15) is 5.25 Å². The molecule has 2 atom stereocenters. The summed E-state index contributed by atoms with van der Waals surface area (Å²) in [5, 5.41) is 13.3. The van der Waals surface area contributed by atoms with Gasteiger partial charge in [-0.1, -0.05) is 18.9 Å². The molecule has 0 spiro atoms. The molecule has 1 aliphatic carbocycles. The van der Waals surface area contributed by atoms with E-state index >= 15 is 0 Å². The van der Waals surface area contributed by atoms with Crippen molar-refractivity contribution in [1.29, 1.82) is 0 Å². The first-order valence-corrected chi connectivity index (χ1v) is 8.91. The van der Waals surface area contributed by atoms with Gasteiger partial charge in [-0.3, -0.25) is 4.72 Å². The van der Waals surface area contributed by atoms with Crippen LogP contribution in [-0.2, 0) is 10.0 Å². The Hall–Kier alpha value is -1.86. The van der Waals surface area contributed by atoms with Gasteiger partial charge in [0.2, 0.25) is 10.0 Å². The average Bonchev–Trinajstić information content (AvgIpc) is 3.01. The Labute approximate surface area is 129 Å². The third-order valence-corrected chi connectivity index (χ3v) is 5.81. The first-order valence-electron chi connectivity index (χ1n) is 7.36. The number of rotatable bonds is 4. The Morgan fingerprint density at radius 3 is 2.77 bits per heavy atom. The first kappa shape index (κ1) is 15.1. The maximum Gasteiger partial charge on any atom is 0.238 e. The van der Waals surface area contributed by atoms with E-state index in [0.717, 1.165) is 18.5 Å². The molecule has 3 rings (SSSR count). The lowest BCUT2D eigenvalue weighted by molar-refractivity contribution is 0.133. The molecule has 7 heteroatoms. The molecular formula is C15H19N3O3S. The Morgan fingerprint density at radius 2 is 2.05 bits per heavy atom. The van der Waals surface area contributed by atoms with Crippen LogP contribution in [0.1, 0.15) is 25.7 Å². The molecule has 0 bridgehead atoms. The summed E-state index contributed by atoms with van der Waals surface area (Å²) in [4.78, 5) is 0. The molecule has 1 fully saturated rings. The lowest BCUT2D eigenvalue weighted by Crippen LogP contribution is -2.40. The molecule has 2 N–H and O–H groups in total. The molecule has 1 aromatic heterocycles. The summed E-state index contributed by atoms with van der Waals surface area (Å²) < 4.78 is 29.2. The zero-order chi connectivity index (χ0) is 15.6. The summed E-state index contributed by atoms with van der Waals surface area (Å²) in [6.45, 7) is 0. The third-order valence-electron chi connectivity index (χ3n) is 3.94. The van der Waals surface area contributed by atoms with Crippen molar-refractivity contribution in [3.8, 4) is 5.69 Å². The fourth-order valence-electron chi connectivity index (χ4n) is 2.81. The second kappa shape index (κ2) is 6.10. The highest BCUT2D eigenvalue weighted by atomic mass is 32.2. The first-order chi connectivity index (χ1) is 10.6. The monoisotopic (exact) mass is 321 g/mol. The number of nitrogens with one attached hydrogen (secondary N) is 1. The van der Waals surface area contributed by atoms with Crippen LogP contribution in [0.15, 0.2) is 42.7 Å². The number of hydrogen-bond acceptors (Lipinski definition) is 4. The summed E-state index contributed by atoms with van der Waals surface area (Å²) in [6.07, 6.45) is 5.40. The van der Waals surface area contributed by atoms with E-state index in [9.17, 15) is 13.5 Å². The summed E-state index contributed by atoms with van der Waals surface area (Å²) in [5.74, 6) is 0. The number of anilines is 1. The van der Waals surface area contributed by atoms with Gasteiger partial charge in [-0.05, 0) is 37.1 Å². The number of aromatic nitrogens is 2. The van der Waals surface area contributed by atoms with Crippen LogP contribution < -0.4 is 4.72 Å². The molecule has 118 valence electrons. The van der Waals surface area contributed by atoms with E-state index in [1.807, 2.05) is 6.07 Å². The van der Waals surface area contributed by atoms with Crippen LogP contribution in [0, 0.1) is 0 Å². The van der Waals surface area contributed by atoms with Gasteiger partial charge in [0, 0.05) is 12.4 Å². The standard InChI is InChI=1S/C15H19N3O3S/c19-14-7-1-2-8-15(14)22(20,21)17-12-5-3-6-13(11-12)18-10-4-9-16-18/h3-6,9-11,14-15,17,19H,1-2,7-8H2/t14-,15+/m0/s1. The van der Waals surface area contributed by atoms with Crippen molar-refractivity contribution >= 4 is 15.7 Å². The van der Waals surface area contributed by atoms with Gasteiger partial charge in [0.05, 0.1) is 17.5 Å². The van der Waals surface area contributed by atoms with Crippen molar-refractivity contribution in [2.24, 2.45) is 0 Å². The van der Waals surface area contributed by atoms with E-state index in [1.54, 1.807) is 41.3 Å². The second-order valence-electron chi connectivity index (χ2n) is 5.54. The van der Waals surface area contributed by atoms with Crippen molar-refractivity contribution < 1.29 is 13.5 Å². The summed E-state index contributed by atoms with van der Waals surface area (Å²) in [7, 11) is -3.60. The minimum atomic E-state index is -3.60. The lowest BCUT2D eigenvalue weighted by Gasteiger charge is -2.27. The molecule has 0 amide bonds. The molecule has 0 unspecified atom stereocenters. The zero-order valence-corrected chi connectivity index (χ0v) is 12.9. The largest absolute Gasteiger partial charge is 0.392 e. The molecule has 1 heterocycles. The topological polar surface area (TPSA) is 84.2 Å². The van der Waals surface area contributed by atoms with Gasteiger partial charge < -0.3 is 5.11 Å². The Morgan fingerprint density at radius 1 is 1.23 bits per heavy atom. The minimum absolute atomic E-state index is 0.478. The predicted octanol–water partition coefficient (Wildman–Crippen LogP) is 1.92.